The van der Waals surface area contributed by atoms with Gasteiger partial charge in [0.25, 0.3) is 0 Å². The minimum Gasteiger partial charge on any atom is -0.506 e. The monoisotopic (exact) mass is 308 g/mol. The SMILES string of the molecule is CCOc1cc(O)c(S(=O)(=O)c2ccc(C)cc2)cc1O. The summed E-state index contributed by atoms with van der Waals surface area (Å²) in [6.45, 7) is 3.85. The minimum atomic E-state index is -3.91. The normalized spacial score (nSPS) is 11.3. The molecule has 2 rings (SSSR count). The van der Waals surface area contributed by atoms with E-state index in [4.69, 9.17) is 4.74 Å². The second-order valence-electron chi connectivity index (χ2n) is 4.54. The van der Waals surface area contributed by atoms with Crippen molar-refractivity contribution in [2.75, 3.05) is 6.61 Å². The molecule has 21 heavy (non-hydrogen) atoms. The molecule has 5 nitrogen and oxygen atoms in total. The van der Waals surface area contributed by atoms with Gasteiger partial charge in [0.15, 0.2) is 11.5 Å². The average Bonchev–Trinajstić information content (AvgIpc) is 2.43. The number of hydrogen-bond donors (Lipinski definition) is 2. The van der Waals surface area contributed by atoms with Gasteiger partial charge in [-0.1, -0.05) is 17.7 Å². The fraction of sp³-hybridized carbons (Fsp3) is 0.200. The Kier molecular flexibility index (Phi) is 4.09. The molecule has 0 aromatic heterocycles. The molecular formula is C15H16O5S. The van der Waals surface area contributed by atoms with E-state index in [1.165, 1.54) is 12.1 Å². The molecule has 0 amide bonds. The molecule has 0 fully saturated rings. The summed E-state index contributed by atoms with van der Waals surface area (Å²) in [5.41, 5.74) is 0.924. The summed E-state index contributed by atoms with van der Waals surface area (Å²) in [6.07, 6.45) is 0. The van der Waals surface area contributed by atoms with Crippen LogP contribution in [-0.2, 0) is 9.84 Å². The van der Waals surface area contributed by atoms with Gasteiger partial charge in [-0.2, -0.15) is 0 Å². The Bertz CT molecular complexity index is 748. The highest BCUT2D eigenvalue weighted by Gasteiger charge is 2.23. The summed E-state index contributed by atoms with van der Waals surface area (Å²) in [7, 11) is -3.91. The number of phenolic OH excluding ortho intramolecular Hbond substituents is 2. The molecule has 2 aromatic carbocycles. The number of phenols is 2. The van der Waals surface area contributed by atoms with E-state index in [2.05, 4.69) is 0 Å². The molecular weight excluding hydrogens is 292 g/mol. The molecule has 0 saturated heterocycles. The van der Waals surface area contributed by atoms with E-state index in [1.54, 1.807) is 19.1 Å². The van der Waals surface area contributed by atoms with Crippen molar-refractivity contribution in [3.05, 3.63) is 42.0 Å². The van der Waals surface area contributed by atoms with Crippen LogP contribution in [0.4, 0.5) is 0 Å². The van der Waals surface area contributed by atoms with E-state index in [-0.39, 0.29) is 27.9 Å². The first-order valence-electron chi connectivity index (χ1n) is 6.36. The van der Waals surface area contributed by atoms with Crippen molar-refractivity contribution in [1.29, 1.82) is 0 Å². The summed E-state index contributed by atoms with van der Waals surface area (Å²) in [5, 5.41) is 19.7. The molecule has 2 aromatic rings. The van der Waals surface area contributed by atoms with Crippen LogP contribution in [0.1, 0.15) is 12.5 Å². The largest absolute Gasteiger partial charge is 0.506 e. The Labute approximate surface area is 123 Å². The molecule has 0 radical (unpaired) electrons. The third kappa shape index (κ3) is 2.95. The van der Waals surface area contributed by atoms with Gasteiger partial charge in [-0.15, -0.1) is 0 Å². The quantitative estimate of drug-likeness (QED) is 0.848. The van der Waals surface area contributed by atoms with Crippen molar-refractivity contribution in [3.63, 3.8) is 0 Å². The maximum atomic E-state index is 12.5. The maximum Gasteiger partial charge on any atom is 0.210 e. The van der Waals surface area contributed by atoms with Crippen molar-refractivity contribution in [1.82, 2.24) is 0 Å². The van der Waals surface area contributed by atoms with Gasteiger partial charge < -0.3 is 14.9 Å². The third-order valence-corrected chi connectivity index (χ3v) is 4.76. The lowest BCUT2D eigenvalue weighted by molar-refractivity contribution is 0.314. The average molecular weight is 308 g/mol. The Balaban J connectivity index is 2.55. The topological polar surface area (TPSA) is 83.8 Å². The van der Waals surface area contributed by atoms with Crippen molar-refractivity contribution in [2.45, 2.75) is 23.6 Å². The molecule has 6 heteroatoms. The molecule has 0 atom stereocenters. The van der Waals surface area contributed by atoms with E-state index in [1.807, 2.05) is 6.92 Å². The summed E-state index contributed by atoms with van der Waals surface area (Å²) in [5.74, 6) is -0.755. The molecule has 0 unspecified atom stereocenters. The minimum absolute atomic E-state index is 0.0397. The Hall–Kier alpha value is -2.21. The molecule has 2 N–H and O–H groups in total. The van der Waals surface area contributed by atoms with E-state index in [0.29, 0.717) is 0 Å². The summed E-state index contributed by atoms with van der Waals surface area (Å²) in [4.78, 5) is -0.306. The zero-order valence-corrected chi connectivity index (χ0v) is 12.5. The Morgan fingerprint density at radius 1 is 1.05 bits per heavy atom. The molecule has 0 bridgehead atoms. The number of aryl methyl sites for hydroxylation is 1. The third-order valence-electron chi connectivity index (χ3n) is 2.96. The Morgan fingerprint density at radius 2 is 1.67 bits per heavy atom. The van der Waals surface area contributed by atoms with E-state index in [9.17, 15) is 18.6 Å². The summed E-state index contributed by atoms with van der Waals surface area (Å²) >= 11 is 0. The number of benzene rings is 2. The van der Waals surface area contributed by atoms with Gasteiger partial charge in [0.1, 0.15) is 10.6 Å². The van der Waals surface area contributed by atoms with Crippen LogP contribution in [0.2, 0.25) is 0 Å². The van der Waals surface area contributed by atoms with Gasteiger partial charge in [-0.25, -0.2) is 8.42 Å². The van der Waals surface area contributed by atoms with Crippen molar-refractivity contribution in [3.8, 4) is 17.2 Å². The van der Waals surface area contributed by atoms with Gasteiger partial charge in [0.2, 0.25) is 9.84 Å². The second kappa shape index (κ2) is 5.65. The highest BCUT2D eigenvalue weighted by Crippen LogP contribution is 2.38. The zero-order chi connectivity index (χ0) is 15.6. The first-order chi connectivity index (χ1) is 9.86. The van der Waals surface area contributed by atoms with Crippen LogP contribution in [0.25, 0.3) is 0 Å². The molecule has 0 spiro atoms. The molecule has 0 heterocycles. The van der Waals surface area contributed by atoms with Crippen molar-refractivity contribution >= 4 is 9.84 Å². The van der Waals surface area contributed by atoms with Crippen LogP contribution in [0.5, 0.6) is 17.2 Å². The van der Waals surface area contributed by atoms with Crippen molar-refractivity contribution in [2.24, 2.45) is 0 Å². The number of sulfone groups is 1. The molecule has 0 saturated carbocycles. The van der Waals surface area contributed by atoms with Gasteiger partial charge in [0, 0.05) is 12.1 Å². The lowest BCUT2D eigenvalue weighted by Crippen LogP contribution is -2.03. The number of ether oxygens (including phenoxy) is 1. The fourth-order valence-electron chi connectivity index (χ4n) is 1.87. The predicted molar refractivity (Wildman–Crippen MR) is 77.6 cm³/mol. The lowest BCUT2D eigenvalue weighted by atomic mass is 10.2. The number of rotatable bonds is 4. The first-order valence-corrected chi connectivity index (χ1v) is 7.85. The highest BCUT2D eigenvalue weighted by molar-refractivity contribution is 7.91. The van der Waals surface area contributed by atoms with Gasteiger partial charge in [-0.3, -0.25) is 0 Å². The molecule has 112 valence electrons. The van der Waals surface area contributed by atoms with Crippen LogP contribution in [0, 0.1) is 6.92 Å². The number of aromatic hydroxyl groups is 2. The van der Waals surface area contributed by atoms with Crippen molar-refractivity contribution < 1.29 is 23.4 Å². The molecule has 0 aliphatic rings. The predicted octanol–water partition coefficient (Wildman–Crippen LogP) is 2.64. The molecule has 0 aliphatic heterocycles. The summed E-state index contributed by atoms with van der Waals surface area (Å²) in [6, 6.07) is 8.33. The fourth-order valence-corrected chi connectivity index (χ4v) is 3.22. The van der Waals surface area contributed by atoms with E-state index in [0.717, 1.165) is 17.7 Å². The smallest absolute Gasteiger partial charge is 0.210 e. The van der Waals surface area contributed by atoms with Gasteiger partial charge in [0.05, 0.1) is 11.5 Å². The maximum absolute atomic E-state index is 12.5. The second-order valence-corrected chi connectivity index (χ2v) is 6.46. The van der Waals surface area contributed by atoms with Gasteiger partial charge >= 0.3 is 0 Å². The van der Waals surface area contributed by atoms with Crippen LogP contribution >= 0.6 is 0 Å². The first kappa shape index (κ1) is 15.2. The van der Waals surface area contributed by atoms with E-state index >= 15 is 0 Å². The molecule has 0 aliphatic carbocycles. The van der Waals surface area contributed by atoms with Gasteiger partial charge in [-0.05, 0) is 26.0 Å². The Morgan fingerprint density at radius 3 is 2.24 bits per heavy atom. The van der Waals surface area contributed by atoms with E-state index < -0.39 is 15.6 Å². The lowest BCUT2D eigenvalue weighted by Gasteiger charge is -2.11. The zero-order valence-electron chi connectivity index (χ0n) is 11.7. The standard InChI is InChI=1S/C15H16O5S/c1-3-20-14-8-13(17)15(9-12(14)16)21(18,19)11-6-4-10(2)5-7-11/h4-9,16-17H,3H2,1-2H3. The van der Waals surface area contributed by atoms with Crippen LogP contribution in [0.3, 0.4) is 0 Å². The van der Waals surface area contributed by atoms with Crippen LogP contribution in [-0.4, -0.2) is 25.2 Å². The summed E-state index contributed by atoms with van der Waals surface area (Å²) < 4.78 is 30.1. The van der Waals surface area contributed by atoms with Crippen LogP contribution < -0.4 is 4.74 Å². The highest BCUT2D eigenvalue weighted by atomic mass is 32.2. The number of hydrogen-bond acceptors (Lipinski definition) is 5. The van der Waals surface area contributed by atoms with Crippen LogP contribution in [0.15, 0.2) is 46.2 Å².